The zero-order valence-electron chi connectivity index (χ0n) is 13.3. The second kappa shape index (κ2) is 6.82. The molecule has 2 heterocycles. The van der Waals surface area contributed by atoms with E-state index in [1.165, 1.54) is 24.0 Å². The molecule has 2 bridgehead atoms. The maximum absolute atomic E-state index is 11.6. The molecule has 0 radical (unpaired) electrons. The van der Waals surface area contributed by atoms with Gasteiger partial charge < -0.3 is 10.7 Å². The molecule has 1 atom stereocenters. The van der Waals surface area contributed by atoms with E-state index >= 15 is 0 Å². The first-order valence-electron chi connectivity index (χ1n) is 8.28. The van der Waals surface area contributed by atoms with Gasteiger partial charge in [0.05, 0.1) is 11.9 Å². The van der Waals surface area contributed by atoms with Crippen molar-refractivity contribution in [1.82, 2.24) is 9.97 Å². The van der Waals surface area contributed by atoms with Gasteiger partial charge in [-0.05, 0) is 24.8 Å². The minimum Gasteiger partial charge on any atom is -0.366 e. The number of fused-ring (bicyclic) bond motifs is 4. The summed E-state index contributed by atoms with van der Waals surface area (Å²) in [6.45, 7) is 3.89. The molecule has 2 aromatic rings. The Hall–Kier alpha value is -2.36. The minimum atomic E-state index is -0.444. The van der Waals surface area contributed by atoms with Gasteiger partial charge in [0, 0.05) is 17.1 Å². The number of aromatic nitrogens is 2. The van der Waals surface area contributed by atoms with Crippen molar-refractivity contribution in [2.45, 2.75) is 44.4 Å². The number of hydrogen-bond donors (Lipinski definition) is 2. The molecule has 1 amide bonds. The Morgan fingerprint density at radius 1 is 1.22 bits per heavy atom. The Kier molecular flexibility index (Phi) is 4.60. The fourth-order valence-corrected chi connectivity index (χ4v) is 3.32. The number of carbonyl (C=O) groups is 1. The highest BCUT2D eigenvalue weighted by atomic mass is 16.1. The number of aryl methyl sites for hydroxylation is 1. The zero-order chi connectivity index (χ0) is 16.2. The molecular weight excluding hydrogens is 286 g/mol. The van der Waals surface area contributed by atoms with Crippen molar-refractivity contribution in [3.8, 4) is 11.3 Å². The molecule has 4 heteroatoms. The highest BCUT2D eigenvalue weighted by Gasteiger charge is 2.22. The molecule has 4 nitrogen and oxygen atoms in total. The van der Waals surface area contributed by atoms with Crippen LogP contribution in [0.15, 0.2) is 42.6 Å². The average molecular weight is 309 g/mol. The molecule has 120 valence electrons. The first-order valence-corrected chi connectivity index (χ1v) is 8.28. The third-order valence-electron chi connectivity index (χ3n) is 4.66. The number of aromatic amines is 1. The van der Waals surface area contributed by atoms with Crippen molar-refractivity contribution in [2.75, 3.05) is 0 Å². The van der Waals surface area contributed by atoms with Gasteiger partial charge in [-0.2, -0.15) is 0 Å². The lowest BCUT2D eigenvalue weighted by Crippen LogP contribution is -2.19. The van der Waals surface area contributed by atoms with Crippen LogP contribution in [-0.4, -0.2) is 15.9 Å². The highest BCUT2D eigenvalue weighted by molar-refractivity contribution is 5.92. The van der Waals surface area contributed by atoms with Gasteiger partial charge in [0.15, 0.2) is 0 Å². The summed E-state index contributed by atoms with van der Waals surface area (Å²) in [6, 6.07) is 8.43. The topological polar surface area (TPSA) is 71.8 Å². The van der Waals surface area contributed by atoms with Gasteiger partial charge in [0.25, 0.3) is 0 Å². The Bertz CT molecular complexity index is 717. The minimum absolute atomic E-state index is 0.118. The van der Waals surface area contributed by atoms with Crippen molar-refractivity contribution in [1.29, 1.82) is 0 Å². The van der Waals surface area contributed by atoms with Gasteiger partial charge in [-0.3, -0.25) is 4.79 Å². The first-order chi connectivity index (χ1) is 11.2. The maximum atomic E-state index is 11.6. The molecule has 1 aromatic carbocycles. The number of carbonyl (C=O) groups excluding carboxylic acids is 1. The first kappa shape index (κ1) is 15.5. The van der Waals surface area contributed by atoms with Crippen LogP contribution in [-0.2, 0) is 11.2 Å². The predicted molar refractivity (Wildman–Crippen MR) is 91.9 cm³/mol. The van der Waals surface area contributed by atoms with E-state index in [1.807, 2.05) is 12.3 Å². The molecular formula is C19H23N3O. The normalized spacial score (nSPS) is 18.3. The van der Waals surface area contributed by atoms with Crippen LogP contribution in [0.4, 0.5) is 0 Å². The van der Waals surface area contributed by atoms with Crippen LogP contribution >= 0.6 is 0 Å². The third-order valence-corrected chi connectivity index (χ3v) is 4.66. The highest BCUT2D eigenvalue weighted by Crippen LogP contribution is 2.31. The summed E-state index contributed by atoms with van der Waals surface area (Å²) in [7, 11) is 0. The molecule has 1 aliphatic rings. The van der Waals surface area contributed by atoms with Gasteiger partial charge >= 0.3 is 0 Å². The van der Waals surface area contributed by atoms with E-state index in [9.17, 15) is 4.79 Å². The number of imidazole rings is 1. The van der Waals surface area contributed by atoms with Gasteiger partial charge in [0.2, 0.25) is 5.91 Å². The lowest BCUT2D eigenvalue weighted by atomic mass is 9.91. The molecule has 1 aromatic heterocycles. The molecule has 1 aliphatic heterocycles. The van der Waals surface area contributed by atoms with Crippen molar-refractivity contribution < 1.29 is 4.79 Å². The molecule has 0 fully saturated rings. The number of nitrogens with one attached hydrogen (secondary N) is 1. The lowest BCUT2D eigenvalue weighted by molar-refractivity contribution is -0.114. The second-order valence-electron chi connectivity index (χ2n) is 6.23. The van der Waals surface area contributed by atoms with Crippen molar-refractivity contribution in [3.63, 3.8) is 0 Å². The monoisotopic (exact) mass is 309 g/mol. The fourth-order valence-electron chi connectivity index (χ4n) is 3.32. The van der Waals surface area contributed by atoms with Crippen LogP contribution in [0.3, 0.4) is 0 Å². The summed E-state index contributed by atoms with van der Waals surface area (Å²) in [4.78, 5) is 19.5. The van der Waals surface area contributed by atoms with E-state index < -0.39 is 5.91 Å². The number of nitrogens with two attached hydrogens (primary N) is 1. The van der Waals surface area contributed by atoms with E-state index in [4.69, 9.17) is 5.73 Å². The number of rotatable bonds is 2. The third kappa shape index (κ3) is 3.36. The van der Waals surface area contributed by atoms with Crippen LogP contribution in [0, 0.1) is 0 Å². The van der Waals surface area contributed by atoms with Crippen LogP contribution in [0.5, 0.6) is 0 Å². The molecule has 3 rings (SSSR count). The second-order valence-corrected chi connectivity index (χ2v) is 6.23. The summed E-state index contributed by atoms with van der Waals surface area (Å²) in [5, 5.41) is 0. The predicted octanol–water partition coefficient (Wildman–Crippen LogP) is 3.71. The van der Waals surface area contributed by atoms with Crippen LogP contribution in [0.25, 0.3) is 11.3 Å². The summed E-state index contributed by atoms with van der Waals surface area (Å²) in [6.07, 6.45) is 8.38. The molecule has 23 heavy (non-hydrogen) atoms. The maximum Gasteiger partial charge on any atom is 0.244 e. The zero-order valence-corrected chi connectivity index (χ0v) is 13.3. The number of primary amides is 1. The molecule has 3 N–H and O–H groups in total. The van der Waals surface area contributed by atoms with E-state index in [0.29, 0.717) is 5.57 Å². The molecule has 0 unspecified atom stereocenters. The standard InChI is InChI=1S/C19H23N3O/c1-13(18(20)23)15-10-5-3-2-4-8-14-9-6-7-11-16(14)17-12-21-19(15)22-17/h6-7,9,11-12,15H,1-5,8,10H2,(H2,20,23)(H,21,22)/t15-/m0/s1. The van der Waals surface area contributed by atoms with Crippen LogP contribution < -0.4 is 5.73 Å². The van der Waals surface area contributed by atoms with E-state index in [1.54, 1.807) is 0 Å². The quantitative estimate of drug-likeness (QED) is 0.830. The van der Waals surface area contributed by atoms with E-state index in [2.05, 4.69) is 34.7 Å². The van der Waals surface area contributed by atoms with Gasteiger partial charge in [0.1, 0.15) is 5.82 Å². The number of amides is 1. The summed E-state index contributed by atoms with van der Waals surface area (Å²) < 4.78 is 0. The summed E-state index contributed by atoms with van der Waals surface area (Å²) >= 11 is 0. The Morgan fingerprint density at radius 2 is 2.00 bits per heavy atom. The summed E-state index contributed by atoms with van der Waals surface area (Å²) in [5.74, 6) is 0.229. The fraction of sp³-hybridized carbons (Fsp3) is 0.368. The smallest absolute Gasteiger partial charge is 0.244 e. The SMILES string of the molecule is C=C(C(N)=O)[C@@H]1CCCCCCc2ccccc2-c2cnc1[nH]2. The van der Waals surface area contributed by atoms with Gasteiger partial charge in [-0.25, -0.2) is 4.98 Å². The summed E-state index contributed by atoms with van der Waals surface area (Å²) in [5.41, 5.74) is 9.42. The Balaban J connectivity index is 2.01. The van der Waals surface area contributed by atoms with Crippen molar-refractivity contribution in [2.24, 2.45) is 5.73 Å². The largest absolute Gasteiger partial charge is 0.366 e. The Morgan fingerprint density at radius 3 is 2.83 bits per heavy atom. The van der Waals surface area contributed by atoms with E-state index in [-0.39, 0.29) is 5.92 Å². The van der Waals surface area contributed by atoms with Crippen LogP contribution in [0.2, 0.25) is 0 Å². The van der Waals surface area contributed by atoms with Crippen molar-refractivity contribution >= 4 is 5.91 Å². The lowest BCUT2D eigenvalue weighted by Gasteiger charge is -2.16. The number of hydrogen-bond acceptors (Lipinski definition) is 2. The molecule has 0 saturated heterocycles. The molecule has 0 saturated carbocycles. The van der Waals surface area contributed by atoms with Crippen LogP contribution in [0.1, 0.15) is 49.4 Å². The van der Waals surface area contributed by atoms with Gasteiger partial charge in [-0.1, -0.05) is 50.1 Å². The average Bonchev–Trinajstić information content (AvgIpc) is 3.02. The number of H-pyrrole nitrogens is 1. The molecule has 0 spiro atoms. The van der Waals surface area contributed by atoms with Gasteiger partial charge in [-0.15, -0.1) is 0 Å². The molecule has 0 aliphatic carbocycles. The van der Waals surface area contributed by atoms with Crippen molar-refractivity contribution in [3.05, 3.63) is 54.0 Å². The number of nitrogens with zero attached hydrogens (tertiary/aromatic N) is 1. The number of benzene rings is 1. The van der Waals surface area contributed by atoms with E-state index in [0.717, 1.165) is 37.2 Å². The Labute approximate surface area is 136 Å².